The fourth-order valence-electron chi connectivity index (χ4n) is 3.88. The Balaban J connectivity index is 1.94. The second-order valence-electron chi connectivity index (χ2n) is 8.07. The van der Waals surface area contributed by atoms with E-state index >= 15 is 0 Å². The number of hydrogen-bond acceptors (Lipinski definition) is 4. The van der Waals surface area contributed by atoms with Crippen LogP contribution in [0.2, 0.25) is 0 Å². The van der Waals surface area contributed by atoms with E-state index in [2.05, 4.69) is 35.1 Å². The number of aryl methyl sites for hydroxylation is 1. The van der Waals surface area contributed by atoms with Gasteiger partial charge in [0.1, 0.15) is 10.6 Å². The molecule has 1 aliphatic heterocycles. The third-order valence-electron chi connectivity index (χ3n) is 5.25. The molecule has 0 saturated carbocycles. The molecule has 1 saturated heterocycles. The van der Waals surface area contributed by atoms with E-state index < -0.39 is 10.0 Å². The molecule has 1 heterocycles. The third kappa shape index (κ3) is 4.87. The number of nitrogens with one attached hydrogen (secondary N) is 1. The molecule has 0 aliphatic carbocycles. The van der Waals surface area contributed by atoms with E-state index in [-0.39, 0.29) is 34.0 Å². The number of rotatable bonds is 5. The van der Waals surface area contributed by atoms with Crippen molar-refractivity contribution in [3.8, 4) is 5.75 Å². The zero-order valence-corrected chi connectivity index (χ0v) is 20.0. The molecule has 162 valence electrons. The smallest absolute Gasteiger partial charge is 0.255 e. The normalized spacial score (nSPS) is 20.0. The van der Waals surface area contributed by atoms with Crippen LogP contribution in [0.1, 0.15) is 36.2 Å². The van der Waals surface area contributed by atoms with E-state index in [4.69, 9.17) is 4.74 Å². The van der Waals surface area contributed by atoms with Crippen LogP contribution < -0.4 is 10.1 Å². The summed E-state index contributed by atoms with van der Waals surface area (Å²) in [5.41, 5.74) is 1.92. The minimum atomic E-state index is -3.79. The molecule has 6 nitrogen and oxygen atoms in total. The Morgan fingerprint density at radius 3 is 2.40 bits per heavy atom. The van der Waals surface area contributed by atoms with Crippen molar-refractivity contribution >= 4 is 37.5 Å². The number of halogens is 1. The topological polar surface area (TPSA) is 75.7 Å². The summed E-state index contributed by atoms with van der Waals surface area (Å²) in [5, 5.41) is 2.83. The maximum absolute atomic E-state index is 13.4. The molecule has 0 radical (unpaired) electrons. The first-order valence-electron chi connectivity index (χ1n) is 9.87. The van der Waals surface area contributed by atoms with Crippen molar-refractivity contribution in [3.05, 3.63) is 52.0 Å². The summed E-state index contributed by atoms with van der Waals surface area (Å²) in [6, 6.07) is 10.1. The average Bonchev–Trinajstić information content (AvgIpc) is 2.68. The zero-order valence-electron chi connectivity index (χ0n) is 17.6. The molecular formula is C22H27BrN2O4S. The van der Waals surface area contributed by atoms with Crippen molar-refractivity contribution < 1.29 is 17.9 Å². The van der Waals surface area contributed by atoms with Crippen LogP contribution in [0, 0.1) is 18.8 Å². The number of ether oxygens (including phenoxy) is 1. The number of amides is 1. The molecule has 3 rings (SSSR count). The van der Waals surface area contributed by atoms with E-state index in [1.807, 2.05) is 19.1 Å². The highest BCUT2D eigenvalue weighted by atomic mass is 79.9. The summed E-state index contributed by atoms with van der Waals surface area (Å²) in [6.45, 7) is 6.99. The van der Waals surface area contributed by atoms with E-state index in [0.717, 1.165) is 16.5 Å². The summed E-state index contributed by atoms with van der Waals surface area (Å²) in [5.74, 6) is 0.396. The molecule has 8 heteroatoms. The Morgan fingerprint density at radius 1 is 1.13 bits per heavy atom. The van der Waals surface area contributed by atoms with Crippen molar-refractivity contribution in [3.63, 3.8) is 0 Å². The number of methoxy groups -OCH3 is 1. The number of piperidine rings is 1. The number of sulfonamides is 1. The van der Waals surface area contributed by atoms with E-state index in [1.165, 1.54) is 23.5 Å². The van der Waals surface area contributed by atoms with E-state index in [9.17, 15) is 13.2 Å². The lowest BCUT2D eigenvalue weighted by Gasteiger charge is -2.34. The SMILES string of the molecule is COc1ccc(C(=O)Nc2ccc(C)cc2Br)cc1S(=O)(=O)N1CC(C)CC(C)C1. The summed E-state index contributed by atoms with van der Waals surface area (Å²) in [4.78, 5) is 12.8. The lowest BCUT2D eigenvalue weighted by molar-refractivity contribution is 0.102. The summed E-state index contributed by atoms with van der Waals surface area (Å²) in [7, 11) is -2.36. The molecule has 30 heavy (non-hydrogen) atoms. The van der Waals surface area contributed by atoms with Crippen LogP contribution in [0.25, 0.3) is 0 Å². The van der Waals surface area contributed by atoms with Crippen molar-refractivity contribution in [2.24, 2.45) is 11.8 Å². The summed E-state index contributed by atoms with van der Waals surface area (Å²) in [6.07, 6.45) is 0.997. The van der Waals surface area contributed by atoms with Gasteiger partial charge in [-0.05, 0) is 77.0 Å². The molecule has 2 aromatic carbocycles. The number of benzene rings is 2. The van der Waals surface area contributed by atoms with Gasteiger partial charge >= 0.3 is 0 Å². The Labute approximate surface area is 186 Å². The van der Waals surface area contributed by atoms with Gasteiger partial charge in [0, 0.05) is 23.1 Å². The highest BCUT2D eigenvalue weighted by Gasteiger charge is 2.34. The molecule has 2 atom stereocenters. The van der Waals surface area contributed by atoms with Crippen LogP contribution >= 0.6 is 15.9 Å². The Kier molecular flexibility index (Phi) is 6.89. The molecule has 1 aliphatic rings. The van der Waals surface area contributed by atoms with Crippen LogP contribution in [0.3, 0.4) is 0 Å². The predicted octanol–water partition coefficient (Wildman–Crippen LogP) is 4.69. The quantitative estimate of drug-likeness (QED) is 0.654. The molecule has 2 unspecified atom stereocenters. The van der Waals surface area contributed by atoms with Crippen LogP contribution in [-0.2, 0) is 10.0 Å². The van der Waals surface area contributed by atoms with Gasteiger partial charge in [-0.15, -0.1) is 0 Å². The largest absolute Gasteiger partial charge is 0.495 e. The summed E-state index contributed by atoms with van der Waals surface area (Å²) >= 11 is 3.44. The lowest BCUT2D eigenvalue weighted by Crippen LogP contribution is -2.42. The zero-order chi connectivity index (χ0) is 22.1. The van der Waals surface area contributed by atoms with Crippen molar-refractivity contribution in [2.75, 3.05) is 25.5 Å². The van der Waals surface area contributed by atoms with Gasteiger partial charge in [0.25, 0.3) is 5.91 Å². The maximum atomic E-state index is 13.4. The first-order valence-corrected chi connectivity index (χ1v) is 12.1. The molecule has 1 fully saturated rings. The van der Waals surface area contributed by atoms with E-state index in [0.29, 0.717) is 18.8 Å². The Morgan fingerprint density at radius 2 is 1.80 bits per heavy atom. The monoisotopic (exact) mass is 494 g/mol. The molecular weight excluding hydrogens is 468 g/mol. The van der Waals surface area contributed by atoms with Gasteiger partial charge in [-0.3, -0.25) is 4.79 Å². The molecule has 2 aromatic rings. The van der Waals surface area contributed by atoms with Gasteiger partial charge in [0.15, 0.2) is 0 Å². The van der Waals surface area contributed by atoms with Crippen molar-refractivity contribution in [1.82, 2.24) is 4.31 Å². The molecule has 1 amide bonds. The second-order valence-corrected chi connectivity index (χ2v) is 10.8. The predicted molar refractivity (Wildman–Crippen MR) is 122 cm³/mol. The molecule has 0 spiro atoms. The van der Waals surface area contributed by atoms with Gasteiger partial charge < -0.3 is 10.1 Å². The van der Waals surface area contributed by atoms with Gasteiger partial charge in [-0.25, -0.2) is 8.42 Å². The van der Waals surface area contributed by atoms with Gasteiger partial charge in [-0.1, -0.05) is 19.9 Å². The van der Waals surface area contributed by atoms with Crippen LogP contribution in [0.5, 0.6) is 5.75 Å². The number of carbonyl (C=O) groups excluding carboxylic acids is 1. The molecule has 1 N–H and O–H groups in total. The highest BCUT2D eigenvalue weighted by Crippen LogP contribution is 2.32. The Hall–Kier alpha value is -1.90. The fourth-order valence-corrected chi connectivity index (χ4v) is 6.33. The second kappa shape index (κ2) is 9.08. The van der Waals surface area contributed by atoms with Gasteiger partial charge in [-0.2, -0.15) is 4.31 Å². The summed E-state index contributed by atoms with van der Waals surface area (Å²) < 4.78 is 34.4. The number of hydrogen-bond donors (Lipinski definition) is 1. The lowest BCUT2D eigenvalue weighted by atomic mass is 9.94. The van der Waals surface area contributed by atoms with Crippen molar-refractivity contribution in [2.45, 2.75) is 32.1 Å². The first kappa shape index (κ1) is 22.8. The van der Waals surface area contributed by atoms with Crippen molar-refractivity contribution in [1.29, 1.82) is 0 Å². The minimum Gasteiger partial charge on any atom is -0.495 e. The number of carbonyl (C=O) groups is 1. The van der Waals surface area contributed by atoms with Crippen LogP contribution in [0.4, 0.5) is 5.69 Å². The van der Waals surface area contributed by atoms with Gasteiger partial charge in [0.2, 0.25) is 10.0 Å². The number of anilines is 1. The third-order valence-corrected chi connectivity index (χ3v) is 7.76. The first-order chi connectivity index (χ1) is 14.1. The van der Waals surface area contributed by atoms with Crippen LogP contribution in [-0.4, -0.2) is 38.8 Å². The Bertz CT molecular complexity index is 1050. The fraction of sp³-hybridized carbons (Fsp3) is 0.409. The highest BCUT2D eigenvalue weighted by molar-refractivity contribution is 9.10. The number of nitrogens with zero attached hydrogens (tertiary/aromatic N) is 1. The maximum Gasteiger partial charge on any atom is 0.255 e. The molecule has 0 aromatic heterocycles. The minimum absolute atomic E-state index is 0.0157. The van der Waals surface area contributed by atoms with E-state index in [1.54, 1.807) is 12.1 Å². The molecule has 0 bridgehead atoms. The standard InChI is InChI=1S/C22H27BrN2O4S/c1-14-5-7-19(18(23)10-14)24-22(26)17-6-8-20(29-4)21(11-17)30(27,28)25-12-15(2)9-16(3)13-25/h5-8,10-11,15-16H,9,12-13H2,1-4H3,(H,24,26). The average molecular weight is 495 g/mol. The van der Waals surface area contributed by atoms with Gasteiger partial charge in [0.05, 0.1) is 12.8 Å². The van der Waals surface area contributed by atoms with Crippen LogP contribution in [0.15, 0.2) is 45.8 Å².